The van der Waals surface area contributed by atoms with Gasteiger partial charge in [-0.1, -0.05) is 18.6 Å². The number of halogens is 1. The molecule has 0 atom stereocenters. The van der Waals surface area contributed by atoms with E-state index in [1.54, 1.807) is 7.11 Å². The zero-order valence-corrected chi connectivity index (χ0v) is 16.2. The maximum absolute atomic E-state index is 6.18. The summed E-state index contributed by atoms with van der Waals surface area (Å²) in [7, 11) is 1.73. The molecule has 1 saturated carbocycles. The molecule has 2 aliphatic rings. The van der Waals surface area contributed by atoms with Crippen molar-refractivity contribution >= 4 is 12.4 Å². The lowest BCUT2D eigenvalue weighted by atomic mass is 9.68. The molecule has 0 bridgehead atoms. The largest absolute Gasteiger partial charge is 0.493 e. The van der Waals surface area contributed by atoms with Crippen molar-refractivity contribution in [2.45, 2.75) is 38.7 Å². The minimum Gasteiger partial charge on any atom is -0.493 e. The molecule has 2 fully saturated rings. The number of likely N-dealkylation sites (tertiary alicyclic amines) is 1. The van der Waals surface area contributed by atoms with Crippen LogP contribution < -0.4 is 10.5 Å². The zero-order valence-electron chi connectivity index (χ0n) is 15.4. The van der Waals surface area contributed by atoms with Crippen LogP contribution in [0.1, 0.15) is 37.7 Å². The molecule has 3 rings (SSSR count). The fraction of sp³-hybridized carbons (Fsp3) is 0.700. The molecule has 25 heavy (non-hydrogen) atoms. The van der Waals surface area contributed by atoms with Gasteiger partial charge >= 0.3 is 0 Å². The van der Waals surface area contributed by atoms with Crippen LogP contribution in [-0.2, 0) is 11.3 Å². The smallest absolute Gasteiger partial charge is 0.119 e. The Morgan fingerprint density at radius 1 is 1.24 bits per heavy atom. The molecule has 0 aromatic heterocycles. The minimum absolute atomic E-state index is 0. The number of ether oxygens (including phenoxy) is 2. The molecule has 2 N–H and O–H groups in total. The molecule has 4 nitrogen and oxygen atoms in total. The lowest BCUT2D eigenvalue weighted by Gasteiger charge is -2.46. The molecule has 1 heterocycles. The number of piperidine rings is 1. The van der Waals surface area contributed by atoms with Crippen molar-refractivity contribution < 1.29 is 9.47 Å². The molecule has 142 valence electrons. The van der Waals surface area contributed by atoms with E-state index in [-0.39, 0.29) is 12.4 Å². The molecule has 1 aromatic carbocycles. The number of hydrogen-bond acceptors (Lipinski definition) is 4. The summed E-state index contributed by atoms with van der Waals surface area (Å²) < 4.78 is 11.4. The van der Waals surface area contributed by atoms with Gasteiger partial charge in [-0.25, -0.2) is 0 Å². The van der Waals surface area contributed by atoms with Crippen molar-refractivity contribution in [2.24, 2.45) is 17.1 Å². The highest BCUT2D eigenvalue weighted by Gasteiger charge is 2.40. The predicted molar refractivity (Wildman–Crippen MR) is 104 cm³/mol. The fourth-order valence-corrected chi connectivity index (χ4v) is 4.01. The Labute approximate surface area is 158 Å². The highest BCUT2D eigenvalue weighted by molar-refractivity contribution is 5.85. The van der Waals surface area contributed by atoms with Gasteiger partial charge in [-0.05, 0) is 68.9 Å². The molecule has 1 saturated heterocycles. The van der Waals surface area contributed by atoms with Gasteiger partial charge in [-0.3, -0.25) is 0 Å². The van der Waals surface area contributed by atoms with Gasteiger partial charge in [-0.2, -0.15) is 0 Å². The van der Waals surface area contributed by atoms with E-state index < -0.39 is 0 Å². The second-order valence-corrected chi connectivity index (χ2v) is 7.68. The Bertz CT molecular complexity index is 514. The normalized spacial score (nSPS) is 20.6. The number of hydrogen-bond donors (Lipinski definition) is 1. The summed E-state index contributed by atoms with van der Waals surface area (Å²) in [5.74, 6) is 1.70. The second-order valence-electron chi connectivity index (χ2n) is 7.68. The average Bonchev–Trinajstić information content (AvgIpc) is 2.58. The highest BCUT2D eigenvalue weighted by atomic mass is 35.5. The van der Waals surface area contributed by atoms with Gasteiger partial charge in [0.2, 0.25) is 0 Å². The van der Waals surface area contributed by atoms with Gasteiger partial charge in [0, 0.05) is 19.1 Å². The molecule has 0 radical (unpaired) electrons. The molecule has 1 aromatic rings. The lowest BCUT2D eigenvalue weighted by molar-refractivity contribution is 0.00795. The third-order valence-corrected chi connectivity index (χ3v) is 5.77. The Morgan fingerprint density at radius 3 is 2.60 bits per heavy atom. The van der Waals surface area contributed by atoms with Gasteiger partial charge in [0.25, 0.3) is 0 Å². The topological polar surface area (TPSA) is 47.7 Å². The Hall–Kier alpha value is -0.810. The third kappa shape index (κ3) is 5.58. The maximum Gasteiger partial charge on any atom is 0.119 e. The highest BCUT2D eigenvalue weighted by Crippen LogP contribution is 2.42. The first-order chi connectivity index (χ1) is 11.7. The second kappa shape index (κ2) is 9.77. The van der Waals surface area contributed by atoms with Crippen molar-refractivity contribution in [3.63, 3.8) is 0 Å². The van der Waals surface area contributed by atoms with E-state index in [0.717, 1.165) is 24.8 Å². The van der Waals surface area contributed by atoms with E-state index in [1.807, 2.05) is 0 Å². The standard InChI is InChI=1S/C20H32N2O2.ClH/c1-23-14-18-4-2-5-19(12-18)24-16-20(8-3-9-20)15-22-10-6-17(13-21)7-11-22;/h2,4-5,12,17H,3,6-11,13-16,21H2,1H3;1H. The first-order valence-electron chi connectivity index (χ1n) is 9.36. The average molecular weight is 369 g/mol. The van der Waals surface area contributed by atoms with Gasteiger partial charge in [0.15, 0.2) is 0 Å². The van der Waals surface area contributed by atoms with Crippen LogP contribution in [0.5, 0.6) is 5.75 Å². The first-order valence-corrected chi connectivity index (χ1v) is 9.36. The monoisotopic (exact) mass is 368 g/mol. The van der Waals surface area contributed by atoms with Gasteiger partial charge in [0.05, 0.1) is 13.2 Å². The molecule has 0 unspecified atom stereocenters. The van der Waals surface area contributed by atoms with E-state index in [9.17, 15) is 0 Å². The number of benzene rings is 1. The minimum atomic E-state index is 0. The predicted octanol–water partition coefficient (Wildman–Crippen LogP) is 3.47. The van der Waals surface area contributed by atoms with Crippen molar-refractivity contribution in [3.8, 4) is 5.75 Å². The van der Waals surface area contributed by atoms with Gasteiger partial charge in [0.1, 0.15) is 5.75 Å². The summed E-state index contributed by atoms with van der Waals surface area (Å²) in [6.07, 6.45) is 6.44. The van der Waals surface area contributed by atoms with Crippen LogP contribution in [0.15, 0.2) is 24.3 Å². The van der Waals surface area contributed by atoms with E-state index in [4.69, 9.17) is 15.2 Å². The number of rotatable bonds is 8. The van der Waals surface area contributed by atoms with E-state index in [0.29, 0.717) is 12.0 Å². The van der Waals surface area contributed by atoms with E-state index >= 15 is 0 Å². The molecule has 0 amide bonds. The molecule has 0 spiro atoms. The maximum atomic E-state index is 6.18. The van der Waals surface area contributed by atoms with Crippen LogP contribution in [-0.4, -0.2) is 44.8 Å². The summed E-state index contributed by atoms with van der Waals surface area (Å²) in [5.41, 5.74) is 7.33. The number of methoxy groups -OCH3 is 1. The van der Waals surface area contributed by atoms with Crippen LogP contribution in [0.25, 0.3) is 0 Å². The van der Waals surface area contributed by atoms with E-state index in [2.05, 4.69) is 29.2 Å². The summed E-state index contributed by atoms with van der Waals surface area (Å²) in [6.45, 7) is 5.90. The van der Waals surface area contributed by atoms with Crippen LogP contribution in [0.4, 0.5) is 0 Å². The van der Waals surface area contributed by atoms with Crippen molar-refractivity contribution in [3.05, 3.63) is 29.8 Å². The molecule has 1 aliphatic carbocycles. The summed E-state index contributed by atoms with van der Waals surface area (Å²) in [4.78, 5) is 2.63. The summed E-state index contributed by atoms with van der Waals surface area (Å²) >= 11 is 0. The van der Waals surface area contributed by atoms with Crippen LogP contribution in [0.3, 0.4) is 0 Å². The van der Waals surface area contributed by atoms with E-state index in [1.165, 1.54) is 57.3 Å². The third-order valence-electron chi connectivity index (χ3n) is 5.77. The lowest BCUT2D eigenvalue weighted by Crippen LogP contribution is -2.48. The molecular formula is C20H33ClN2O2. The van der Waals surface area contributed by atoms with Crippen molar-refractivity contribution in [2.75, 3.05) is 39.9 Å². The number of nitrogens with zero attached hydrogens (tertiary/aromatic N) is 1. The summed E-state index contributed by atoms with van der Waals surface area (Å²) in [6, 6.07) is 8.28. The van der Waals surface area contributed by atoms with Crippen LogP contribution in [0.2, 0.25) is 0 Å². The number of nitrogens with two attached hydrogens (primary N) is 1. The fourth-order valence-electron chi connectivity index (χ4n) is 4.01. The molecule has 1 aliphatic heterocycles. The van der Waals surface area contributed by atoms with Gasteiger partial charge < -0.3 is 20.1 Å². The van der Waals surface area contributed by atoms with Crippen molar-refractivity contribution in [1.82, 2.24) is 4.90 Å². The Morgan fingerprint density at radius 2 is 2.00 bits per heavy atom. The van der Waals surface area contributed by atoms with Crippen LogP contribution >= 0.6 is 12.4 Å². The zero-order chi connectivity index (χ0) is 16.8. The Kier molecular flexibility index (Phi) is 8.01. The SMILES string of the molecule is COCc1cccc(OCC2(CN3CCC(CN)CC3)CCC2)c1.Cl. The molecular weight excluding hydrogens is 336 g/mol. The van der Waals surface area contributed by atoms with Crippen LogP contribution in [0, 0.1) is 11.3 Å². The quantitative estimate of drug-likeness (QED) is 0.763. The van der Waals surface area contributed by atoms with Crippen molar-refractivity contribution in [1.29, 1.82) is 0 Å². The first kappa shape index (κ1) is 20.5. The van der Waals surface area contributed by atoms with Gasteiger partial charge in [-0.15, -0.1) is 12.4 Å². The summed E-state index contributed by atoms with van der Waals surface area (Å²) in [5, 5.41) is 0. The Balaban J connectivity index is 0.00000225. The molecule has 5 heteroatoms.